The van der Waals surface area contributed by atoms with Crippen LogP contribution in [-0.2, 0) is 20.0 Å². The van der Waals surface area contributed by atoms with Crippen LogP contribution in [0, 0.1) is 5.82 Å². The number of pyridine rings is 1. The third-order valence-corrected chi connectivity index (χ3v) is 6.02. The number of hydrogen-bond acceptors (Lipinski definition) is 5. The molecule has 0 atom stereocenters. The number of rotatable bonds is 8. The highest BCUT2D eigenvalue weighted by Gasteiger charge is 2.21. The number of para-hydroxylation sites is 1. The molecule has 4 rings (SSSR count). The van der Waals surface area contributed by atoms with Crippen molar-refractivity contribution in [3.8, 4) is 11.5 Å². The van der Waals surface area contributed by atoms with Gasteiger partial charge < -0.3 is 9.84 Å². The minimum atomic E-state index is -0.505. The van der Waals surface area contributed by atoms with Gasteiger partial charge in [-0.25, -0.2) is 14.2 Å². The van der Waals surface area contributed by atoms with Crippen LogP contribution < -0.4 is 16.0 Å². The molecule has 0 saturated heterocycles. The van der Waals surface area contributed by atoms with Crippen molar-refractivity contribution < 1.29 is 14.2 Å². The topological polar surface area (TPSA) is 86.3 Å². The predicted molar refractivity (Wildman–Crippen MR) is 133 cm³/mol. The molecule has 0 bridgehead atoms. The molecule has 35 heavy (non-hydrogen) atoms. The largest absolute Gasteiger partial charge is 0.455 e. The van der Waals surface area contributed by atoms with E-state index in [-0.39, 0.29) is 48.8 Å². The van der Waals surface area contributed by atoms with Crippen molar-refractivity contribution in [2.45, 2.75) is 39.2 Å². The first kappa shape index (κ1) is 24.3. The van der Waals surface area contributed by atoms with Crippen LogP contribution in [-0.4, -0.2) is 25.8 Å². The molecule has 0 aliphatic rings. The summed E-state index contributed by atoms with van der Waals surface area (Å²) in [6.45, 7) is 4.06. The Hall–Kier alpha value is -3.78. The maximum atomic E-state index is 13.6. The number of aliphatic hydroxyl groups is 1. The quantitative estimate of drug-likeness (QED) is 0.413. The van der Waals surface area contributed by atoms with Crippen LogP contribution in [0.3, 0.4) is 0 Å². The molecular weight excluding hydrogens is 449 g/mol. The fourth-order valence-electron chi connectivity index (χ4n) is 4.16. The van der Waals surface area contributed by atoms with E-state index in [0.717, 1.165) is 15.7 Å². The lowest BCUT2D eigenvalue weighted by molar-refractivity contribution is 0.277. The Balaban J connectivity index is 1.98. The van der Waals surface area contributed by atoms with Crippen LogP contribution in [0.15, 0.2) is 64.3 Å². The third-order valence-electron chi connectivity index (χ3n) is 6.02. The van der Waals surface area contributed by atoms with E-state index in [1.807, 2.05) is 24.3 Å². The van der Waals surface area contributed by atoms with E-state index in [1.54, 1.807) is 19.2 Å². The maximum absolute atomic E-state index is 13.6. The summed E-state index contributed by atoms with van der Waals surface area (Å²) < 4.78 is 22.3. The van der Waals surface area contributed by atoms with Crippen molar-refractivity contribution in [1.29, 1.82) is 0 Å². The molecule has 0 fully saturated rings. The summed E-state index contributed by atoms with van der Waals surface area (Å²) in [5.41, 5.74) is 1.57. The van der Waals surface area contributed by atoms with E-state index in [9.17, 15) is 19.1 Å². The van der Waals surface area contributed by atoms with Gasteiger partial charge in [0.05, 0.1) is 11.6 Å². The lowest BCUT2D eigenvalue weighted by atomic mass is 10.0. The fourth-order valence-corrected chi connectivity index (χ4v) is 4.16. The van der Waals surface area contributed by atoms with Crippen LogP contribution in [0.1, 0.15) is 42.9 Å². The number of nitrogens with zero attached hydrogens (tertiary/aromatic N) is 3. The van der Waals surface area contributed by atoms with E-state index >= 15 is 0 Å². The maximum Gasteiger partial charge on any atom is 0.332 e. The first-order chi connectivity index (χ1) is 16.8. The van der Waals surface area contributed by atoms with Gasteiger partial charge in [-0.2, -0.15) is 0 Å². The second-order valence-corrected chi connectivity index (χ2v) is 8.77. The number of aryl methyl sites for hydroxylation is 1. The zero-order valence-electron chi connectivity index (χ0n) is 20.0. The van der Waals surface area contributed by atoms with Gasteiger partial charge in [-0.1, -0.05) is 44.2 Å². The number of ether oxygens (including phenoxy) is 1. The van der Waals surface area contributed by atoms with E-state index in [0.29, 0.717) is 17.1 Å². The molecule has 0 radical (unpaired) electrons. The van der Waals surface area contributed by atoms with Gasteiger partial charge in [-0.05, 0) is 41.7 Å². The lowest BCUT2D eigenvalue weighted by Crippen LogP contribution is -2.40. The Morgan fingerprint density at radius 3 is 2.46 bits per heavy atom. The van der Waals surface area contributed by atoms with Crippen LogP contribution in [0.5, 0.6) is 11.5 Å². The van der Waals surface area contributed by atoms with Crippen molar-refractivity contribution in [3.05, 3.63) is 98.1 Å². The molecule has 7 nitrogen and oxygen atoms in total. The van der Waals surface area contributed by atoms with Crippen LogP contribution >= 0.6 is 0 Å². The van der Waals surface area contributed by atoms with Crippen molar-refractivity contribution >= 4 is 11.0 Å². The summed E-state index contributed by atoms with van der Waals surface area (Å²) in [5.74, 6) is 0.884. The first-order valence-electron chi connectivity index (χ1n) is 11.5. The number of aliphatic hydroxyl groups excluding tert-OH is 1. The molecule has 2 heterocycles. The highest BCUT2D eigenvalue weighted by molar-refractivity contribution is 5.81. The highest BCUT2D eigenvalue weighted by atomic mass is 19.1. The predicted octanol–water partition coefficient (Wildman–Crippen LogP) is 4.12. The van der Waals surface area contributed by atoms with Gasteiger partial charge in [0.15, 0.2) is 0 Å². The summed E-state index contributed by atoms with van der Waals surface area (Å²) in [6, 6.07) is 13.7. The molecule has 2 aromatic carbocycles. The zero-order chi connectivity index (χ0) is 25.1. The zero-order valence-corrected chi connectivity index (χ0v) is 20.0. The summed E-state index contributed by atoms with van der Waals surface area (Å²) in [6.07, 6.45) is 2.06. The van der Waals surface area contributed by atoms with Crippen LogP contribution in [0.2, 0.25) is 0 Å². The molecule has 0 unspecified atom stereocenters. The Bertz CT molecular complexity index is 1470. The second kappa shape index (κ2) is 10.2. The van der Waals surface area contributed by atoms with E-state index < -0.39 is 11.2 Å². The van der Waals surface area contributed by atoms with Crippen molar-refractivity contribution in [1.82, 2.24) is 14.1 Å². The van der Waals surface area contributed by atoms with Gasteiger partial charge in [0.2, 0.25) is 0 Å². The molecule has 0 aliphatic heterocycles. The molecule has 8 heteroatoms. The van der Waals surface area contributed by atoms with Crippen molar-refractivity contribution in [2.75, 3.05) is 6.61 Å². The van der Waals surface area contributed by atoms with Gasteiger partial charge >= 0.3 is 5.69 Å². The molecular formula is C27H28FN3O4. The number of halogens is 1. The Morgan fingerprint density at radius 1 is 1.06 bits per heavy atom. The normalized spacial score (nSPS) is 11.4. The van der Waals surface area contributed by atoms with Gasteiger partial charge in [-0.15, -0.1) is 0 Å². The average Bonchev–Trinajstić information content (AvgIpc) is 2.85. The lowest BCUT2D eigenvalue weighted by Gasteiger charge is -2.18. The molecule has 0 saturated carbocycles. The Kier molecular flexibility index (Phi) is 7.12. The minimum Gasteiger partial charge on any atom is -0.455 e. The summed E-state index contributed by atoms with van der Waals surface area (Å²) in [5, 5.41) is 9.51. The summed E-state index contributed by atoms with van der Waals surface area (Å²) in [4.78, 5) is 30.8. The fraction of sp³-hybridized carbons (Fsp3) is 0.296. The minimum absolute atomic E-state index is 0.0786. The molecule has 0 amide bonds. The van der Waals surface area contributed by atoms with E-state index in [2.05, 4.69) is 18.8 Å². The average molecular weight is 478 g/mol. The smallest absolute Gasteiger partial charge is 0.332 e. The van der Waals surface area contributed by atoms with E-state index in [4.69, 9.17) is 4.74 Å². The number of fused-ring (bicyclic) bond motifs is 1. The Morgan fingerprint density at radius 2 is 1.77 bits per heavy atom. The highest BCUT2D eigenvalue weighted by Crippen LogP contribution is 2.34. The standard InChI is InChI=1S/C27H28FN3O4/c1-17(2)20-7-4-5-8-22(20)35-23-16-29-25-24(21(23)15-18-9-11-19(28)12-10-18)26(33)31(13-6-14-32)27(34)30(25)3/h4-5,7-12,16-17,32H,6,13-15H2,1-3H3. The van der Waals surface area contributed by atoms with Gasteiger partial charge in [0.1, 0.15) is 23.0 Å². The van der Waals surface area contributed by atoms with Gasteiger partial charge in [-0.3, -0.25) is 13.9 Å². The van der Waals surface area contributed by atoms with Crippen molar-refractivity contribution in [2.24, 2.45) is 7.05 Å². The van der Waals surface area contributed by atoms with E-state index in [1.165, 1.54) is 22.9 Å². The SMILES string of the molecule is CC(C)c1ccccc1Oc1cnc2c(c1Cc1ccc(F)cc1)c(=O)n(CCCO)c(=O)n2C. The molecule has 0 spiro atoms. The van der Waals surface area contributed by atoms with Crippen LogP contribution in [0.25, 0.3) is 11.0 Å². The monoisotopic (exact) mass is 477 g/mol. The summed E-state index contributed by atoms with van der Waals surface area (Å²) in [7, 11) is 1.56. The molecule has 2 aromatic heterocycles. The third kappa shape index (κ3) is 4.88. The number of aromatic nitrogens is 3. The Labute approximate surface area is 202 Å². The molecule has 0 aliphatic carbocycles. The molecule has 182 valence electrons. The number of benzene rings is 2. The second-order valence-electron chi connectivity index (χ2n) is 8.77. The molecule has 1 N–H and O–H groups in total. The van der Waals surface area contributed by atoms with Crippen LogP contribution in [0.4, 0.5) is 4.39 Å². The summed E-state index contributed by atoms with van der Waals surface area (Å²) >= 11 is 0. The van der Waals surface area contributed by atoms with Gasteiger partial charge in [0, 0.05) is 32.2 Å². The van der Waals surface area contributed by atoms with Crippen molar-refractivity contribution in [3.63, 3.8) is 0 Å². The van der Waals surface area contributed by atoms with Gasteiger partial charge in [0.25, 0.3) is 5.56 Å². The first-order valence-corrected chi connectivity index (χ1v) is 11.5. The number of hydrogen-bond donors (Lipinski definition) is 1. The molecule has 4 aromatic rings.